The number of aryl methyl sites for hydroxylation is 1. The number of hydrogen-bond acceptors (Lipinski definition) is 4. The molecule has 0 bridgehead atoms. The predicted octanol–water partition coefficient (Wildman–Crippen LogP) is 3.98. The van der Waals surface area contributed by atoms with Crippen LogP contribution in [0.2, 0.25) is 0 Å². The molecule has 0 radical (unpaired) electrons. The van der Waals surface area contributed by atoms with Gasteiger partial charge in [0.2, 0.25) is 0 Å². The Labute approximate surface area is 165 Å². The number of anilines is 1. The Morgan fingerprint density at radius 3 is 2.57 bits per heavy atom. The zero-order valence-electron chi connectivity index (χ0n) is 16.2. The molecule has 144 valence electrons. The standard InChI is InChI=1S/C23H25N3O2/c1-17-7-3-4-9-20(17)16-26-23(27)19-12-14-25-22(15-19)24-13-11-18-8-5-6-10-21(18)28-2/h3-10,12,14-15H,11,13,16H2,1-2H3,(H,24,25)(H,26,27). The molecular formula is C23H25N3O2. The van der Waals surface area contributed by atoms with Gasteiger partial charge < -0.3 is 15.4 Å². The molecule has 5 heteroatoms. The third kappa shape index (κ3) is 5.10. The minimum absolute atomic E-state index is 0.113. The number of carbonyl (C=O) groups excluding carboxylic acids is 1. The summed E-state index contributed by atoms with van der Waals surface area (Å²) >= 11 is 0. The Morgan fingerprint density at radius 2 is 1.79 bits per heavy atom. The number of carbonyl (C=O) groups is 1. The van der Waals surface area contributed by atoms with Gasteiger partial charge in [-0.3, -0.25) is 4.79 Å². The van der Waals surface area contributed by atoms with Gasteiger partial charge in [-0.05, 0) is 48.2 Å². The second-order valence-electron chi connectivity index (χ2n) is 6.53. The number of ether oxygens (including phenoxy) is 1. The molecule has 0 fully saturated rings. The van der Waals surface area contributed by atoms with Crippen LogP contribution in [0.25, 0.3) is 0 Å². The SMILES string of the molecule is COc1ccccc1CCNc1cc(C(=O)NCc2ccccc2C)ccn1. The van der Waals surface area contributed by atoms with Crippen molar-refractivity contribution in [2.45, 2.75) is 19.9 Å². The first kappa shape index (κ1) is 19.4. The van der Waals surface area contributed by atoms with Crippen molar-refractivity contribution in [1.29, 1.82) is 0 Å². The second-order valence-corrected chi connectivity index (χ2v) is 6.53. The lowest BCUT2D eigenvalue weighted by atomic mass is 10.1. The van der Waals surface area contributed by atoms with Crippen molar-refractivity contribution in [3.8, 4) is 5.75 Å². The van der Waals surface area contributed by atoms with Crippen LogP contribution in [0.15, 0.2) is 66.9 Å². The smallest absolute Gasteiger partial charge is 0.251 e. The molecule has 0 aliphatic carbocycles. The molecule has 2 aromatic carbocycles. The number of rotatable bonds is 8. The number of methoxy groups -OCH3 is 1. The quantitative estimate of drug-likeness (QED) is 0.625. The molecule has 3 rings (SSSR count). The highest BCUT2D eigenvalue weighted by atomic mass is 16.5. The highest BCUT2D eigenvalue weighted by Gasteiger charge is 2.08. The molecular weight excluding hydrogens is 350 g/mol. The van der Waals surface area contributed by atoms with Crippen LogP contribution in [-0.4, -0.2) is 24.5 Å². The van der Waals surface area contributed by atoms with Crippen molar-refractivity contribution in [2.24, 2.45) is 0 Å². The normalized spacial score (nSPS) is 10.4. The van der Waals surface area contributed by atoms with Gasteiger partial charge >= 0.3 is 0 Å². The Morgan fingerprint density at radius 1 is 1.04 bits per heavy atom. The number of hydrogen-bond donors (Lipinski definition) is 2. The Hall–Kier alpha value is -3.34. The highest BCUT2D eigenvalue weighted by Crippen LogP contribution is 2.18. The van der Waals surface area contributed by atoms with Crippen molar-refractivity contribution in [3.63, 3.8) is 0 Å². The summed E-state index contributed by atoms with van der Waals surface area (Å²) in [7, 11) is 1.67. The number of nitrogens with one attached hydrogen (secondary N) is 2. The summed E-state index contributed by atoms with van der Waals surface area (Å²) in [5, 5.41) is 6.25. The Kier molecular flexibility index (Phi) is 6.63. The summed E-state index contributed by atoms with van der Waals surface area (Å²) in [6, 6.07) is 19.5. The zero-order valence-corrected chi connectivity index (χ0v) is 16.2. The molecule has 28 heavy (non-hydrogen) atoms. The van der Waals surface area contributed by atoms with Crippen LogP contribution in [0.1, 0.15) is 27.0 Å². The van der Waals surface area contributed by atoms with Gasteiger partial charge in [-0.15, -0.1) is 0 Å². The van der Waals surface area contributed by atoms with Crippen LogP contribution in [-0.2, 0) is 13.0 Å². The van der Waals surface area contributed by atoms with Gasteiger partial charge in [0, 0.05) is 24.8 Å². The summed E-state index contributed by atoms with van der Waals surface area (Å²) in [5.74, 6) is 1.44. The van der Waals surface area contributed by atoms with Crippen LogP contribution in [0.3, 0.4) is 0 Å². The number of pyridine rings is 1. The molecule has 0 aliphatic heterocycles. The van der Waals surface area contributed by atoms with E-state index in [9.17, 15) is 4.79 Å². The average Bonchev–Trinajstić information content (AvgIpc) is 2.73. The number of nitrogens with zero attached hydrogens (tertiary/aromatic N) is 1. The van der Waals surface area contributed by atoms with Crippen LogP contribution in [0.4, 0.5) is 5.82 Å². The van der Waals surface area contributed by atoms with Gasteiger partial charge in [0.15, 0.2) is 0 Å². The lowest BCUT2D eigenvalue weighted by Gasteiger charge is -2.11. The van der Waals surface area contributed by atoms with E-state index in [4.69, 9.17) is 4.74 Å². The van der Waals surface area contributed by atoms with Gasteiger partial charge in [0.1, 0.15) is 11.6 Å². The number of para-hydroxylation sites is 1. The first-order valence-electron chi connectivity index (χ1n) is 9.32. The van der Waals surface area contributed by atoms with E-state index in [1.54, 1.807) is 25.4 Å². The van der Waals surface area contributed by atoms with E-state index in [1.807, 2.05) is 55.5 Å². The molecule has 1 amide bonds. The zero-order chi connectivity index (χ0) is 19.8. The predicted molar refractivity (Wildman–Crippen MR) is 112 cm³/mol. The Bertz CT molecular complexity index is 940. The molecule has 0 saturated carbocycles. The van der Waals surface area contributed by atoms with Gasteiger partial charge in [-0.1, -0.05) is 42.5 Å². The Balaban J connectivity index is 1.56. The third-order valence-electron chi connectivity index (χ3n) is 4.62. The van der Waals surface area contributed by atoms with E-state index in [-0.39, 0.29) is 5.91 Å². The minimum atomic E-state index is -0.113. The molecule has 0 atom stereocenters. The van der Waals surface area contributed by atoms with Crippen LogP contribution < -0.4 is 15.4 Å². The molecule has 0 saturated heterocycles. The lowest BCUT2D eigenvalue weighted by Crippen LogP contribution is -2.23. The van der Waals surface area contributed by atoms with Crippen molar-refractivity contribution in [2.75, 3.05) is 19.0 Å². The fraction of sp³-hybridized carbons (Fsp3) is 0.217. The first-order chi connectivity index (χ1) is 13.7. The van der Waals surface area contributed by atoms with E-state index in [0.29, 0.717) is 24.5 Å². The topological polar surface area (TPSA) is 63.2 Å². The average molecular weight is 375 g/mol. The summed E-state index contributed by atoms with van der Waals surface area (Å²) in [6.07, 6.45) is 2.45. The van der Waals surface area contributed by atoms with Crippen LogP contribution in [0, 0.1) is 6.92 Å². The summed E-state index contributed by atoms with van der Waals surface area (Å²) in [5.41, 5.74) is 3.99. The number of benzene rings is 2. The van der Waals surface area contributed by atoms with Crippen molar-refractivity contribution in [1.82, 2.24) is 10.3 Å². The van der Waals surface area contributed by atoms with E-state index in [0.717, 1.165) is 28.9 Å². The monoisotopic (exact) mass is 375 g/mol. The second kappa shape index (κ2) is 9.55. The van der Waals surface area contributed by atoms with E-state index >= 15 is 0 Å². The van der Waals surface area contributed by atoms with E-state index in [1.165, 1.54) is 0 Å². The summed E-state index contributed by atoms with van der Waals surface area (Å²) in [6.45, 7) is 3.24. The van der Waals surface area contributed by atoms with E-state index < -0.39 is 0 Å². The first-order valence-corrected chi connectivity index (χ1v) is 9.32. The molecule has 0 spiro atoms. The maximum Gasteiger partial charge on any atom is 0.251 e. The number of amides is 1. The van der Waals surface area contributed by atoms with Crippen LogP contribution >= 0.6 is 0 Å². The molecule has 5 nitrogen and oxygen atoms in total. The maximum absolute atomic E-state index is 12.5. The van der Waals surface area contributed by atoms with Gasteiger partial charge in [-0.2, -0.15) is 0 Å². The maximum atomic E-state index is 12.5. The van der Waals surface area contributed by atoms with Crippen molar-refractivity contribution >= 4 is 11.7 Å². The fourth-order valence-electron chi connectivity index (χ4n) is 2.99. The van der Waals surface area contributed by atoms with Gasteiger partial charge in [0.05, 0.1) is 7.11 Å². The fourth-order valence-corrected chi connectivity index (χ4v) is 2.99. The van der Waals surface area contributed by atoms with Gasteiger partial charge in [-0.25, -0.2) is 4.98 Å². The molecule has 1 heterocycles. The van der Waals surface area contributed by atoms with Crippen molar-refractivity contribution in [3.05, 3.63) is 89.1 Å². The molecule has 3 aromatic rings. The summed E-state index contributed by atoms with van der Waals surface area (Å²) in [4.78, 5) is 16.8. The highest BCUT2D eigenvalue weighted by molar-refractivity contribution is 5.94. The number of aromatic nitrogens is 1. The van der Waals surface area contributed by atoms with Gasteiger partial charge in [0.25, 0.3) is 5.91 Å². The lowest BCUT2D eigenvalue weighted by molar-refractivity contribution is 0.0951. The molecule has 1 aromatic heterocycles. The molecule has 2 N–H and O–H groups in total. The largest absolute Gasteiger partial charge is 0.496 e. The third-order valence-corrected chi connectivity index (χ3v) is 4.62. The molecule has 0 unspecified atom stereocenters. The van der Waals surface area contributed by atoms with E-state index in [2.05, 4.69) is 15.6 Å². The molecule has 0 aliphatic rings. The minimum Gasteiger partial charge on any atom is -0.496 e. The van der Waals surface area contributed by atoms with Crippen LogP contribution in [0.5, 0.6) is 5.75 Å². The van der Waals surface area contributed by atoms with Crippen molar-refractivity contribution < 1.29 is 9.53 Å². The summed E-state index contributed by atoms with van der Waals surface area (Å²) < 4.78 is 5.37.